The van der Waals surface area contributed by atoms with Gasteiger partial charge in [-0.25, -0.2) is 0 Å². The standard InChI is InChI=1S/C14H16O4/c1-3-9-17-13(10-18-11(2)15)14(16)12-7-5-4-6-8-12/h3-8,13H,1,9-10H2,2H3/t13-/m0/s1. The Morgan fingerprint density at radius 1 is 1.33 bits per heavy atom. The third-order valence-electron chi connectivity index (χ3n) is 2.20. The molecule has 0 spiro atoms. The zero-order valence-electron chi connectivity index (χ0n) is 10.3. The third-order valence-corrected chi connectivity index (χ3v) is 2.20. The van der Waals surface area contributed by atoms with Gasteiger partial charge in [0.15, 0.2) is 11.9 Å². The van der Waals surface area contributed by atoms with E-state index in [-0.39, 0.29) is 19.0 Å². The molecule has 0 saturated carbocycles. The van der Waals surface area contributed by atoms with Gasteiger partial charge in [-0.15, -0.1) is 6.58 Å². The van der Waals surface area contributed by atoms with Crippen LogP contribution in [-0.4, -0.2) is 31.1 Å². The molecule has 96 valence electrons. The van der Waals surface area contributed by atoms with Crippen LogP contribution in [0.4, 0.5) is 0 Å². The average molecular weight is 248 g/mol. The Kier molecular flexibility index (Phi) is 5.80. The highest BCUT2D eigenvalue weighted by Crippen LogP contribution is 2.07. The van der Waals surface area contributed by atoms with E-state index in [4.69, 9.17) is 9.47 Å². The minimum absolute atomic E-state index is 0.0864. The van der Waals surface area contributed by atoms with E-state index in [0.717, 1.165) is 0 Å². The maximum Gasteiger partial charge on any atom is 0.302 e. The van der Waals surface area contributed by atoms with Gasteiger partial charge < -0.3 is 9.47 Å². The summed E-state index contributed by atoms with van der Waals surface area (Å²) in [7, 11) is 0. The second kappa shape index (κ2) is 7.40. The topological polar surface area (TPSA) is 52.6 Å². The van der Waals surface area contributed by atoms with Crippen molar-refractivity contribution in [3.8, 4) is 0 Å². The number of rotatable bonds is 7. The van der Waals surface area contributed by atoms with Crippen molar-refractivity contribution < 1.29 is 19.1 Å². The number of ketones is 1. The molecular weight excluding hydrogens is 232 g/mol. The van der Waals surface area contributed by atoms with Crippen LogP contribution in [0.3, 0.4) is 0 Å². The number of carbonyl (C=O) groups excluding carboxylic acids is 2. The fraction of sp³-hybridized carbons (Fsp3) is 0.286. The van der Waals surface area contributed by atoms with Gasteiger partial charge in [-0.2, -0.15) is 0 Å². The van der Waals surface area contributed by atoms with Gasteiger partial charge in [0, 0.05) is 12.5 Å². The monoisotopic (exact) mass is 248 g/mol. The van der Waals surface area contributed by atoms with Crippen LogP contribution in [0, 0.1) is 0 Å². The van der Waals surface area contributed by atoms with Crippen molar-refractivity contribution in [2.75, 3.05) is 13.2 Å². The molecule has 4 nitrogen and oxygen atoms in total. The SMILES string of the molecule is C=CCO[C@@H](COC(C)=O)C(=O)c1ccccc1. The summed E-state index contributed by atoms with van der Waals surface area (Å²) in [5.74, 6) is -0.651. The number of hydrogen-bond acceptors (Lipinski definition) is 4. The number of benzene rings is 1. The largest absolute Gasteiger partial charge is 0.463 e. The van der Waals surface area contributed by atoms with Crippen LogP contribution in [0.5, 0.6) is 0 Å². The van der Waals surface area contributed by atoms with E-state index >= 15 is 0 Å². The number of esters is 1. The second-order valence-electron chi connectivity index (χ2n) is 3.64. The van der Waals surface area contributed by atoms with E-state index in [9.17, 15) is 9.59 Å². The highest BCUT2D eigenvalue weighted by molar-refractivity contribution is 5.99. The molecule has 0 unspecified atom stereocenters. The van der Waals surface area contributed by atoms with E-state index in [0.29, 0.717) is 5.56 Å². The maximum absolute atomic E-state index is 12.1. The lowest BCUT2D eigenvalue weighted by Crippen LogP contribution is -2.30. The molecule has 1 atom stereocenters. The summed E-state index contributed by atoms with van der Waals surface area (Å²) in [6, 6.07) is 8.75. The lowest BCUT2D eigenvalue weighted by atomic mass is 10.1. The van der Waals surface area contributed by atoms with E-state index in [1.165, 1.54) is 6.92 Å². The molecule has 4 heteroatoms. The summed E-state index contributed by atoms with van der Waals surface area (Å²) >= 11 is 0. The molecule has 0 radical (unpaired) electrons. The summed E-state index contributed by atoms with van der Waals surface area (Å²) in [5.41, 5.74) is 0.527. The fourth-order valence-electron chi connectivity index (χ4n) is 1.37. The molecule has 0 fully saturated rings. The van der Waals surface area contributed by atoms with Crippen molar-refractivity contribution in [3.05, 3.63) is 48.6 Å². The zero-order valence-corrected chi connectivity index (χ0v) is 10.3. The molecule has 0 saturated heterocycles. The van der Waals surface area contributed by atoms with Crippen LogP contribution in [0.25, 0.3) is 0 Å². The highest BCUT2D eigenvalue weighted by Gasteiger charge is 2.21. The van der Waals surface area contributed by atoms with Gasteiger partial charge in [0.05, 0.1) is 6.61 Å². The van der Waals surface area contributed by atoms with Crippen molar-refractivity contribution in [2.24, 2.45) is 0 Å². The summed E-state index contributed by atoms with van der Waals surface area (Å²) in [6.07, 6.45) is 0.744. The van der Waals surface area contributed by atoms with Crippen LogP contribution in [0.1, 0.15) is 17.3 Å². The van der Waals surface area contributed by atoms with Gasteiger partial charge >= 0.3 is 5.97 Å². The van der Waals surface area contributed by atoms with Gasteiger partial charge in [0.1, 0.15) is 6.61 Å². The quantitative estimate of drug-likeness (QED) is 0.421. The van der Waals surface area contributed by atoms with E-state index in [1.54, 1.807) is 30.3 Å². The van der Waals surface area contributed by atoms with Gasteiger partial charge in [-0.1, -0.05) is 36.4 Å². The Morgan fingerprint density at radius 3 is 2.56 bits per heavy atom. The predicted octanol–water partition coefficient (Wildman–Crippen LogP) is 2.00. The molecule has 0 aliphatic carbocycles. The van der Waals surface area contributed by atoms with Gasteiger partial charge in [-0.3, -0.25) is 9.59 Å². The Balaban J connectivity index is 2.71. The van der Waals surface area contributed by atoms with Crippen molar-refractivity contribution in [1.29, 1.82) is 0 Å². The van der Waals surface area contributed by atoms with Crippen LogP contribution >= 0.6 is 0 Å². The van der Waals surface area contributed by atoms with Crippen LogP contribution in [0.2, 0.25) is 0 Å². The number of hydrogen-bond donors (Lipinski definition) is 0. The van der Waals surface area contributed by atoms with E-state index in [2.05, 4.69) is 6.58 Å². The van der Waals surface area contributed by atoms with Crippen molar-refractivity contribution in [1.82, 2.24) is 0 Å². The van der Waals surface area contributed by atoms with Crippen LogP contribution in [-0.2, 0) is 14.3 Å². The molecule has 0 bridgehead atoms. The molecular formula is C14H16O4. The first-order chi connectivity index (χ1) is 8.65. The zero-order chi connectivity index (χ0) is 13.4. The minimum atomic E-state index is -0.797. The molecule has 1 rings (SSSR count). The summed E-state index contributed by atoms with van der Waals surface area (Å²) in [5, 5.41) is 0. The van der Waals surface area contributed by atoms with Crippen LogP contribution < -0.4 is 0 Å². The fourth-order valence-corrected chi connectivity index (χ4v) is 1.37. The number of Topliss-reactive ketones (excluding diaryl/α,β-unsaturated/α-hetero) is 1. The number of carbonyl (C=O) groups is 2. The predicted molar refractivity (Wildman–Crippen MR) is 67.3 cm³/mol. The maximum atomic E-state index is 12.1. The summed E-state index contributed by atoms with van der Waals surface area (Å²) in [6.45, 7) is 4.95. The van der Waals surface area contributed by atoms with Gasteiger partial charge in [-0.05, 0) is 0 Å². The molecule has 0 aliphatic rings. The molecule has 0 aliphatic heterocycles. The molecule has 18 heavy (non-hydrogen) atoms. The third kappa shape index (κ3) is 4.51. The van der Waals surface area contributed by atoms with Crippen molar-refractivity contribution in [2.45, 2.75) is 13.0 Å². The number of ether oxygens (including phenoxy) is 2. The average Bonchev–Trinajstić information content (AvgIpc) is 2.39. The lowest BCUT2D eigenvalue weighted by Gasteiger charge is -2.15. The summed E-state index contributed by atoms with van der Waals surface area (Å²) in [4.78, 5) is 22.9. The molecule has 0 amide bonds. The first-order valence-corrected chi connectivity index (χ1v) is 5.60. The highest BCUT2D eigenvalue weighted by atomic mass is 16.6. The Labute approximate surface area is 106 Å². The second-order valence-corrected chi connectivity index (χ2v) is 3.64. The molecule has 0 aromatic heterocycles. The molecule has 0 N–H and O–H groups in total. The molecule has 0 heterocycles. The Morgan fingerprint density at radius 2 is 2.00 bits per heavy atom. The smallest absolute Gasteiger partial charge is 0.302 e. The Bertz CT molecular complexity index is 411. The lowest BCUT2D eigenvalue weighted by molar-refractivity contribution is -0.143. The molecule has 1 aromatic carbocycles. The first kappa shape index (κ1) is 14.1. The van der Waals surface area contributed by atoms with Crippen LogP contribution in [0.15, 0.2) is 43.0 Å². The first-order valence-electron chi connectivity index (χ1n) is 5.60. The van der Waals surface area contributed by atoms with Crippen molar-refractivity contribution in [3.63, 3.8) is 0 Å². The van der Waals surface area contributed by atoms with E-state index in [1.807, 2.05) is 6.07 Å². The normalized spacial score (nSPS) is 11.6. The summed E-state index contributed by atoms with van der Waals surface area (Å²) < 4.78 is 10.1. The molecule has 1 aromatic rings. The van der Waals surface area contributed by atoms with E-state index < -0.39 is 12.1 Å². The Hall–Kier alpha value is -1.94. The van der Waals surface area contributed by atoms with Gasteiger partial charge in [0.2, 0.25) is 0 Å². The van der Waals surface area contributed by atoms with Gasteiger partial charge in [0.25, 0.3) is 0 Å². The minimum Gasteiger partial charge on any atom is -0.463 e. The van der Waals surface area contributed by atoms with Crippen molar-refractivity contribution >= 4 is 11.8 Å².